The zero-order valence-electron chi connectivity index (χ0n) is 12.9. The number of hydrogen-bond donors (Lipinski definition) is 1. The van der Waals surface area contributed by atoms with E-state index in [0.29, 0.717) is 6.54 Å². The van der Waals surface area contributed by atoms with Crippen molar-refractivity contribution in [1.82, 2.24) is 5.32 Å². The Hall–Kier alpha value is -1.84. The highest BCUT2D eigenvalue weighted by Crippen LogP contribution is 2.19. The predicted molar refractivity (Wildman–Crippen MR) is 84.2 cm³/mol. The van der Waals surface area contributed by atoms with Crippen molar-refractivity contribution in [3.63, 3.8) is 0 Å². The topological polar surface area (TPSA) is 49.4 Å². The van der Waals surface area contributed by atoms with Gasteiger partial charge in [-0.15, -0.1) is 0 Å². The number of nitrogens with zero attached hydrogens (tertiary/aromatic N) is 1. The third-order valence-corrected chi connectivity index (χ3v) is 3.96. The van der Waals surface area contributed by atoms with Gasteiger partial charge in [-0.2, -0.15) is 0 Å². The van der Waals surface area contributed by atoms with Crippen molar-refractivity contribution in [3.8, 4) is 0 Å². The van der Waals surface area contributed by atoms with Crippen LogP contribution in [-0.2, 0) is 9.59 Å². The largest absolute Gasteiger partial charge is 0.353 e. The molecule has 1 aliphatic rings. The van der Waals surface area contributed by atoms with E-state index in [1.54, 1.807) is 4.90 Å². The molecule has 0 saturated heterocycles. The van der Waals surface area contributed by atoms with Gasteiger partial charge in [-0.05, 0) is 44.4 Å². The van der Waals surface area contributed by atoms with Gasteiger partial charge in [0.1, 0.15) is 6.42 Å². The summed E-state index contributed by atoms with van der Waals surface area (Å²) in [5.41, 5.74) is 1.96. The molecule has 114 valence electrons. The number of amides is 2. The second-order valence-corrected chi connectivity index (χ2v) is 5.70. The van der Waals surface area contributed by atoms with Crippen molar-refractivity contribution >= 4 is 17.5 Å². The summed E-state index contributed by atoms with van der Waals surface area (Å²) in [6.07, 6.45) is 4.34. The van der Waals surface area contributed by atoms with Crippen molar-refractivity contribution in [2.75, 3.05) is 11.4 Å². The van der Waals surface area contributed by atoms with Crippen LogP contribution >= 0.6 is 0 Å². The van der Waals surface area contributed by atoms with Gasteiger partial charge >= 0.3 is 0 Å². The van der Waals surface area contributed by atoms with Crippen LogP contribution in [0.5, 0.6) is 0 Å². The number of anilines is 1. The van der Waals surface area contributed by atoms with E-state index < -0.39 is 0 Å². The highest BCUT2D eigenvalue weighted by molar-refractivity contribution is 6.05. The van der Waals surface area contributed by atoms with Crippen LogP contribution in [0.2, 0.25) is 0 Å². The van der Waals surface area contributed by atoms with E-state index in [1.165, 1.54) is 12.8 Å². The average Bonchev–Trinajstić information content (AvgIpc) is 2.92. The quantitative estimate of drug-likeness (QED) is 0.847. The minimum atomic E-state index is -0.155. The first kappa shape index (κ1) is 15.5. The first-order valence-electron chi connectivity index (χ1n) is 7.76. The molecule has 1 N–H and O–H groups in total. The molecule has 0 aromatic heterocycles. The van der Waals surface area contributed by atoms with Gasteiger partial charge in [0.25, 0.3) is 0 Å². The van der Waals surface area contributed by atoms with Gasteiger partial charge in [0.2, 0.25) is 11.8 Å². The zero-order chi connectivity index (χ0) is 15.2. The van der Waals surface area contributed by atoms with Crippen LogP contribution in [0.4, 0.5) is 5.69 Å². The summed E-state index contributed by atoms with van der Waals surface area (Å²) in [5, 5.41) is 2.97. The third-order valence-electron chi connectivity index (χ3n) is 3.96. The maximum atomic E-state index is 12.3. The number of hydrogen-bond acceptors (Lipinski definition) is 2. The van der Waals surface area contributed by atoms with Gasteiger partial charge < -0.3 is 10.2 Å². The molecule has 0 radical (unpaired) electrons. The van der Waals surface area contributed by atoms with Crippen molar-refractivity contribution < 1.29 is 9.59 Å². The Morgan fingerprint density at radius 2 is 2.00 bits per heavy atom. The molecule has 1 aromatic carbocycles. The third kappa shape index (κ3) is 4.31. The summed E-state index contributed by atoms with van der Waals surface area (Å²) in [6.45, 7) is 4.49. The molecule has 21 heavy (non-hydrogen) atoms. The molecule has 2 rings (SSSR count). The molecule has 0 heterocycles. The summed E-state index contributed by atoms with van der Waals surface area (Å²) in [4.78, 5) is 26.0. The standard InChI is InChI=1S/C17H24N2O2/c1-3-19(15-10-6-7-13(2)11-15)17(21)12-16(20)18-14-8-4-5-9-14/h6-7,10-11,14H,3-5,8-9,12H2,1-2H3,(H,18,20). The van der Waals surface area contributed by atoms with E-state index in [2.05, 4.69) is 5.32 Å². The maximum absolute atomic E-state index is 12.3. The fourth-order valence-electron chi connectivity index (χ4n) is 2.88. The Morgan fingerprint density at radius 3 is 2.62 bits per heavy atom. The second kappa shape index (κ2) is 7.25. The van der Waals surface area contributed by atoms with Crippen molar-refractivity contribution in [2.24, 2.45) is 0 Å². The van der Waals surface area contributed by atoms with Crippen LogP contribution < -0.4 is 10.2 Å². The SMILES string of the molecule is CCN(C(=O)CC(=O)NC1CCCC1)c1cccc(C)c1. The summed E-state index contributed by atoms with van der Waals surface area (Å²) in [6, 6.07) is 8.06. The summed E-state index contributed by atoms with van der Waals surface area (Å²) >= 11 is 0. The van der Waals surface area contributed by atoms with E-state index in [0.717, 1.165) is 24.1 Å². The molecule has 4 nitrogen and oxygen atoms in total. The predicted octanol–water partition coefficient (Wildman–Crippen LogP) is 2.80. The number of carbonyl (C=O) groups excluding carboxylic acids is 2. The molecule has 0 bridgehead atoms. The summed E-state index contributed by atoms with van der Waals surface area (Å²) in [5.74, 6) is -0.295. The lowest BCUT2D eigenvalue weighted by Crippen LogP contribution is -2.38. The molecule has 0 unspecified atom stereocenters. The normalized spacial score (nSPS) is 15.0. The number of rotatable bonds is 5. The van der Waals surface area contributed by atoms with Gasteiger partial charge in [0, 0.05) is 18.3 Å². The van der Waals surface area contributed by atoms with Crippen molar-refractivity contribution in [3.05, 3.63) is 29.8 Å². The lowest BCUT2D eigenvalue weighted by atomic mass is 10.2. The minimum Gasteiger partial charge on any atom is -0.353 e. The van der Waals surface area contributed by atoms with Gasteiger partial charge in [0.05, 0.1) is 0 Å². The van der Waals surface area contributed by atoms with Crippen LogP contribution in [0, 0.1) is 6.92 Å². The Balaban J connectivity index is 1.94. The van der Waals surface area contributed by atoms with Crippen LogP contribution in [0.1, 0.15) is 44.6 Å². The lowest BCUT2D eigenvalue weighted by Gasteiger charge is -2.22. The molecule has 1 aliphatic carbocycles. The average molecular weight is 288 g/mol. The Morgan fingerprint density at radius 1 is 1.29 bits per heavy atom. The summed E-state index contributed by atoms with van der Waals surface area (Å²) in [7, 11) is 0. The number of carbonyl (C=O) groups is 2. The van der Waals surface area contributed by atoms with Gasteiger partial charge in [-0.1, -0.05) is 25.0 Å². The molecular weight excluding hydrogens is 264 g/mol. The Labute approximate surface area is 126 Å². The molecule has 1 fully saturated rings. The zero-order valence-corrected chi connectivity index (χ0v) is 12.9. The molecular formula is C17H24N2O2. The van der Waals surface area contributed by atoms with E-state index in [9.17, 15) is 9.59 Å². The smallest absolute Gasteiger partial charge is 0.236 e. The van der Waals surface area contributed by atoms with Crippen LogP contribution in [0.15, 0.2) is 24.3 Å². The number of nitrogens with one attached hydrogen (secondary N) is 1. The molecule has 0 atom stereocenters. The highest BCUT2D eigenvalue weighted by Gasteiger charge is 2.21. The second-order valence-electron chi connectivity index (χ2n) is 5.70. The molecule has 1 aromatic rings. The molecule has 0 aliphatic heterocycles. The highest BCUT2D eigenvalue weighted by atomic mass is 16.2. The Bertz CT molecular complexity index is 507. The van der Waals surface area contributed by atoms with Gasteiger partial charge in [-0.25, -0.2) is 0 Å². The van der Waals surface area contributed by atoms with Crippen LogP contribution in [0.3, 0.4) is 0 Å². The molecule has 0 spiro atoms. The van der Waals surface area contributed by atoms with Crippen LogP contribution in [0.25, 0.3) is 0 Å². The van der Waals surface area contributed by atoms with E-state index in [4.69, 9.17) is 0 Å². The van der Waals surface area contributed by atoms with E-state index >= 15 is 0 Å². The fraction of sp³-hybridized carbons (Fsp3) is 0.529. The van der Waals surface area contributed by atoms with Gasteiger partial charge in [0.15, 0.2) is 0 Å². The number of aryl methyl sites for hydroxylation is 1. The Kier molecular flexibility index (Phi) is 5.37. The summed E-state index contributed by atoms with van der Waals surface area (Å²) < 4.78 is 0. The van der Waals surface area contributed by atoms with E-state index in [-0.39, 0.29) is 24.3 Å². The monoisotopic (exact) mass is 288 g/mol. The lowest BCUT2D eigenvalue weighted by molar-refractivity contribution is -0.128. The molecule has 2 amide bonds. The van der Waals surface area contributed by atoms with Crippen molar-refractivity contribution in [1.29, 1.82) is 0 Å². The van der Waals surface area contributed by atoms with E-state index in [1.807, 2.05) is 38.1 Å². The molecule has 4 heteroatoms. The molecule has 1 saturated carbocycles. The minimum absolute atomic E-state index is 0.0711. The van der Waals surface area contributed by atoms with Crippen molar-refractivity contribution in [2.45, 2.75) is 52.0 Å². The van der Waals surface area contributed by atoms with Gasteiger partial charge in [-0.3, -0.25) is 9.59 Å². The van der Waals surface area contributed by atoms with Crippen LogP contribution in [-0.4, -0.2) is 24.4 Å². The first-order valence-corrected chi connectivity index (χ1v) is 7.76. The number of benzene rings is 1. The first-order chi connectivity index (χ1) is 10.1. The maximum Gasteiger partial charge on any atom is 0.236 e. The fourth-order valence-corrected chi connectivity index (χ4v) is 2.88.